The van der Waals surface area contributed by atoms with E-state index in [2.05, 4.69) is 35.3 Å². The summed E-state index contributed by atoms with van der Waals surface area (Å²) in [5, 5.41) is 7.56. The second kappa shape index (κ2) is 5.10. The summed E-state index contributed by atoms with van der Waals surface area (Å²) in [6, 6.07) is 4.63. The average molecular weight is 230 g/mol. The van der Waals surface area contributed by atoms with Crippen molar-refractivity contribution in [2.24, 2.45) is 7.05 Å². The lowest BCUT2D eigenvalue weighted by Crippen LogP contribution is -2.21. The summed E-state index contributed by atoms with van der Waals surface area (Å²) >= 11 is 0. The topological polar surface area (TPSA) is 42.7 Å². The van der Waals surface area contributed by atoms with Crippen LogP contribution in [-0.2, 0) is 13.6 Å². The van der Waals surface area contributed by atoms with Gasteiger partial charge in [-0.05, 0) is 17.7 Å². The van der Waals surface area contributed by atoms with Crippen LogP contribution in [0, 0.1) is 0 Å². The molecule has 0 saturated heterocycles. The van der Waals surface area contributed by atoms with Crippen molar-refractivity contribution in [3.63, 3.8) is 0 Å². The standard InChI is InChI=1S/C13H18N4/c1-10(2)15-8-11-6-12(9-14-7-11)13-4-5-16-17(13)3/h4-7,9-10,15H,8H2,1-3H3. The van der Waals surface area contributed by atoms with Gasteiger partial charge in [-0.25, -0.2) is 0 Å². The lowest BCUT2D eigenvalue weighted by atomic mass is 10.1. The predicted octanol–water partition coefficient (Wildman–Crippen LogP) is 1.98. The lowest BCUT2D eigenvalue weighted by Gasteiger charge is -2.09. The second-order valence-corrected chi connectivity index (χ2v) is 4.46. The van der Waals surface area contributed by atoms with Gasteiger partial charge in [0, 0.05) is 43.8 Å². The fourth-order valence-corrected chi connectivity index (χ4v) is 1.70. The van der Waals surface area contributed by atoms with E-state index in [1.165, 1.54) is 5.56 Å². The highest BCUT2D eigenvalue weighted by Crippen LogP contribution is 2.17. The third kappa shape index (κ3) is 2.91. The minimum absolute atomic E-state index is 0.482. The molecule has 0 unspecified atom stereocenters. The molecule has 2 aromatic rings. The van der Waals surface area contributed by atoms with Crippen molar-refractivity contribution in [3.05, 3.63) is 36.3 Å². The Hall–Kier alpha value is -1.68. The predicted molar refractivity (Wildman–Crippen MR) is 68.4 cm³/mol. The number of rotatable bonds is 4. The Morgan fingerprint density at radius 1 is 1.35 bits per heavy atom. The molecule has 0 saturated carbocycles. The first kappa shape index (κ1) is 11.8. The van der Waals surface area contributed by atoms with Gasteiger partial charge in [0.1, 0.15) is 0 Å². The molecule has 17 heavy (non-hydrogen) atoms. The number of aromatic nitrogens is 3. The molecule has 90 valence electrons. The summed E-state index contributed by atoms with van der Waals surface area (Å²) in [5.41, 5.74) is 3.38. The van der Waals surface area contributed by atoms with Gasteiger partial charge in [0.25, 0.3) is 0 Å². The molecule has 2 aromatic heterocycles. The SMILES string of the molecule is CC(C)NCc1cncc(-c2ccnn2C)c1. The van der Waals surface area contributed by atoms with E-state index in [0.717, 1.165) is 17.8 Å². The van der Waals surface area contributed by atoms with E-state index >= 15 is 0 Å². The van der Waals surface area contributed by atoms with Crippen LogP contribution in [0.5, 0.6) is 0 Å². The van der Waals surface area contributed by atoms with E-state index in [4.69, 9.17) is 0 Å². The van der Waals surface area contributed by atoms with Crippen molar-refractivity contribution in [1.29, 1.82) is 0 Å². The van der Waals surface area contributed by atoms with Crippen LogP contribution in [0.2, 0.25) is 0 Å². The van der Waals surface area contributed by atoms with E-state index in [0.29, 0.717) is 6.04 Å². The maximum absolute atomic E-state index is 4.28. The molecule has 0 amide bonds. The van der Waals surface area contributed by atoms with Crippen LogP contribution in [0.3, 0.4) is 0 Å². The van der Waals surface area contributed by atoms with Gasteiger partial charge >= 0.3 is 0 Å². The largest absolute Gasteiger partial charge is 0.310 e. The normalized spacial score (nSPS) is 11.1. The van der Waals surface area contributed by atoms with Crippen molar-refractivity contribution in [1.82, 2.24) is 20.1 Å². The number of pyridine rings is 1. The molecule has 0 atom stereocenters. The van der Waals surface area contributed by atoms with Crippen molar-refractivity contribution >= 4 is 0 Å². The molecule has 2 rings (SSSR count). The van der Waals surface area contributed by atoms with Crippen molar-refractivity contribution in [3.8, 4) is 11.3 Å². The van der Waals surface area contributed by atoms with Gasteiger partial charge in [-0.2, -0.15) is 5.10 Å². The molecule has 0 bridgehead atoms. The minimum Gasteiger partial charge on any atom is -0.310 e. The molecule has 0 aliphatic carbocycles. The van der Waals surface area contributed by atoms with Gasteiger partial charge in [-0.1, -0.05) is 13.8 Å². The first-order valence-corrected chi connectivity index (χ1v) is 5.82. The number of hydrogen-bond donors (Lipinski definition) is 1. The summed E-state index contributed by atoms with van der Waals surface area (Å²) < 4.78 is 1.86. The smallest absolute Gasteiger partial charge is 0.0694 e. The third-order valence-corrected chi connectivity index (χ3v) is 2.63. The molecule has 2 heterocycles. The molecule has 0 radical (unpaired) electrons. The van der Waals surface area contributed by atoms with Crippen LogP contribution in [-0.4, -0.2) is 20.8 Å². The molecule has 0 spiro atoms. The molecule has 0 fully saturated rings. The molecule has 0 aliphatic rings. The van der Waals surface area contributed by atoms with Gasteiger partial charge in [-0.3, -0.25) is 9.67 Å². The first-order chi connectivity index (χ1) is 8.16. The van der Waals surface area contributed by atoms with Crippen molar-refractivity contribution in [2.45, 2.75) is 26.4 Å². The van der Waals surface area contributed by atoms with E-state index in [1.807, 2.05) is 30.2 Å². The summed E-state index contributed by atoms with van der Waals surface area (Å²) in [6.45, 7) is 5.12. The zero-order valence-electron chi connectivity index (χ0n) is 10.5. The lowest BCUT2D eigenvalue weighted by molar-refractivity contribution is 0.588. The Labute approximate surface area is 102 Å². The van der Waals surface area contributed by atoms with E-state index in [1.54, 1.807) is 6.20 Å². The van der Waals surface area contributed by atoms with E-state index < -0.39 is 0 Å². The van der Waals surface area contributed by atoms with Crippen LogP contribution >= 0.6 is 0 Å². The quantitative estimate of drug-likeness (QED) is 0.873. The van der Waals surface area contributed by atoms with Crippen molar-refractivity contribution < 1.29 is 0 Å². The molecule has 4 heteroatoms. The Morgan fingerprint density at radius 3 is 2.82 bits per heavy atom. The van der Waals surface area contributed by atoms with Gasteiger partial charge in [0.2, 0.25) is 0 Å². The fourth-order valence-electron chi connectivity index (χ4n) is 1.70. The zero-order valence-corrected chi connectivity index (χ0v) is 10.5. The number of nitrogens with one attached hydrogen (secondary N) is 1. The Kier molecular flexibility index (Phi) is 3.54. The van der Waals surface area contributed by atoms with Gasteiger partial charge < -0.3 is 5.32 Å². The minimum atomic E-state index is 0.482. The maximum atomic E-state index is 4.28. The first-order valence-electron chi connectivity index (χ1n) is 5.82. The third-order valence-electron chi connectivity index (χ3n) is 2.63. The molecule has 0 aliphatic heterocycles. The van der Waals surface area contributed by atoms with Crippen LogP contribution in [0.4, 0.5) is 0 Å². The number of aryl methyl sites for hydroxylation is 1. The van der Waals surface area contributed by atoms with Crippen LogP contribution in [0.15, 0.2) is 30.7 Å². The van der Waals surface area contributed by atoms with Gasteiger partial charge in [0.15, 0.2) is 0 Å². The Bertz CT molecular complexity index is 488. The molecule has 1 N–H and O–H groups in total. The van der Waals surface area contributed by atoms with Crippen LogP contribution < -0.4 is 5.32 Å². The summed E-state index contributed by atoms with van der Waals surface area (Å²) in [7, 11) is 1.94. The van der Waals surface area contributed by atoms with Crippen LogP contribution in [0.25, 0.3) is 11.3 Å². The number of hydrogen-bond acceptors (Lipinski definition) is 3. The Balaban J connectivity index is 2.20. The number of nitrogens with zero attached hydrogens (tertiary/aromatic N) is 3. The molecule has 0 aromatic carbocycles. The summed E-state index contributed by atoms with van der Waals surface area (Å²) in [5.74, 6) is 0. The molecular formula is C13H18N4. The van der Waals surface area contributed by atoms with Gasteiger partial charge in [-0.15, -0.1) is 0 Å². The molecular weight excluding hydrogens is 212 g/mol. The van der Waals surface area contributed by atoms with Crippen LogP contribution in [0.1, 0.15) is 19.4 Å². The van der Waals surface area contributed by atoms with E-state index in [9.17, 15) is 0 Å². The maximum Gasteiger partial charge on any atom is 0.0694 e. The Morgan fingerprint density at radius 2 is 2.18 bits per heavy atom. The second-order valence-electron chi connectivity index (χ2n) is 4.46. The zero-order chi connectivity index (χ0) is 12.3. The highest BCUT2D eigenvalue weighted by molar-refractivity contribution is 5.58. The average Bonchev–Trinajstić information content (AvgIpc) is 2.73. The summed E-state index contributed by atoms with van der Waals surface area (Å²) in [4.78, 5) is 4.28. The molecule has 4 nitrogen and oxygen atoms in total. The highest BCUT2D eigenvalue weighted by Gasteiger charge is 2.04. The monoisotopic (exact) mass is 230 g/mol. The van der Waals surface area contributed by atoms with E-state index in [-0.39, 0.29) is 0 Å². The highest BCUT2D eigenvalue weighted by atomic mass is 15.3. The van der Waals surface area contributed by atoms with Crippen molar-refractivity contribution in [2.75, 3.05) is 0 Å². The fraction of sp³-hybridized carbons (Fsp3) is 0.385. The summed E-state index contributed by atoms with van der Waals surface area (Å²) in [6.07, 6.45) is 5.57. The van der Waals surface area contributed by atoms with Gasteiger partial charge in [0.05, 0.1) is 5.69 Å².